The van der Waals surface area contributed by atoms with E-state index in [-0.39, 0.29) is 12.3 Å². The summed E-state index contributed by atoms with van der Waals surface area (Å²) < 4.78 is 0. The first-order valence-corrected chi connectivity index (χ1v) is 13.3. The molecule has 0 aromatic rings. The maximum Gasteiger partial charge on any atom is 0.303 e. The first-order chi connectivity index (χ1) is 15.2. The highest BCUT2D eigenvalue weighted by Gasteiger charge is 2.02. The van der Waals surface area contributed by atoms with Crippen molar-refractivity contribution in [3.05, 3.63) is 12.2 Å². The number of rotatable bonds is 24. The highest BCUT2D eigenvalue weighted by atomic mass is 16.4. The van der Waals surface area contributed by atoms with Gasteiger partial charge in [-0.05, 0) is 38.5 Å². The zero-order valence-corrected chi connectivity index (χ0v) is 20.5. The predicted octanol–water partition coefficient (Wildman–Crippen LogP) is 7.96. The third-order valence-corrected chi connectivity index (χ3v) is 5.81. The molecule has 0 saturated heterocycles. The standard InChI is InChI=1S/C27H51NO3/c1-2-3-4-5-6-7-8-9-10-11-12-13-14-15-16-17-18-19-20-21-23-26(29)28-25-22-24-27(30)31/h10-11H,2-9,12-25H2,1H3,(H,28,29)(H,30,31). The van der Waals surface area contributed by atoms with Gasteiger partial charge < -0.3 is 10.4 Å². The van der Waals surface area contributed by atoms with Crippen LogP contribution in [0.15, 0.2) is 12.2 Å². The molecule has 0 fully saturated rings. The van der Waals surface area contributed by atoms with Gasteiger partial charge in [0.05, 0.1) is 0 Å². The van der Waals surface area contributed by atoms with E-state index in [4.69, 9.17) is 5.11 Å². The fourth-order valence-corrected chi connectivity index (χ4v) is 3.80. The van der Waals surface area contributed by atoms with Crippen molar-refractivity contribution in [2.75, 3.05) is 6.54 Å². The Labute approximate surface area is 192 Å². The molecule has 0 bridgehead atoms. The van der Waals surface area contributed by atoms with Gasteiger partial charge in [0.15, 0.2) is 0 Å². The Morgan fingerprint density at radius 2 is 1.06 bits per heavy atom. The highest BCUT2D eigenvalue weighted by Crippen LogP contribution is 2.12. The van der Waals surface area contributed by atoms with Gasteiger partial charge >= 0.3 is 5.97 Å². The third-order valence-electron chi connectivity index (χ3n) is 5.81. The van der Waals surface area contributed by atoms with Gasteiger partial charge in [-0.3, -0.25) is 9.59 Å². The third kappa shape index (κ3) is 26.6. The number of carboxylic acids is 1. The van der Waals surface area contributed by atoms with Crippen LogP contribution in [0.3, 0.4) is 0 Å². The molecular formula is C27H51NO3. The summed E-state index contributed by atoms with van der Waals surface area (Å²) >= 11 is 0. The average molecular weight is 438 g/mol. The molecule has 2 N–H and O–H groups in total. The van der Waals surface area contributed by atoms with Crippen LogP contribution >= 0.6 is 0 Å². The lowest BCUT2D eigenvalue weighted by atomic mass is 10.1. The van der Waals surface area contributed by atoms with Gasteiger partial charge in [-0.25, -0.2) is 0 Å². The number of amides is 1. The summed E-state index contributed by atoms with van der Waals surface area (Å²) in [5, 5.41) is 11.3. The average Bonchev–Trinajstić information content (AvgIpc) is 2.75. The summed E-state index contributed by atoms with van der Waals surface area (Å²) in [6, 6.07) is 0. The smallest absolute Gasteiger partial charge is 0.303 e. The Balaban J connectivity index is 3.18. The Kier molecular flexibility index (Phi) is 23.9. The number of hydrogen-bond donors (Lipinski definition) is 2. The lowest BCUT2D eigenvalue weighted by molar-refractivity contribution is -0.137. The Morgan fingerprint density at radius 3 is 1.55 bits per heavy atom. The van der Waals surface area contributed by atoms with Crippen molar-refractivity contribution >= 4 is 11.9 Å². The van der Waals surface area contributed by atoms with Crippen molar-refractivity contribution in [2.24, 2.45) is 0 Å². The van der Waals surface area contributed by atoms with E-state index in [2.05, 4.69) is 24.4 Å². The molecule has 0 saturated carbocycles. The quantitative estimate of drug-likeness (QED) is 0.119. The van der Waals surface area contributed by atoms with E-state index >= 15 is 0 Å². The van der Waals surface area contributed by atoms with E-state index in [1.807, 2.05) is 0 Å². The van der Waals surface area contributed by atoms with Crippen LogP contribution in [0.5, 0.6) is 0 Å². The van der Waals surface area contributed by atoms with Gasteiger partial charge in [0.25, 0.3) is 0 Å². The molecule has 4 nitrogen and oxygen atoms in total. The molecule has 1 amide bonds. The molecule has 0 radical (unpaired) electrons. The molecule has 4 heteroatoms. The predicted molar refractivity (Wildman–Crippen MR) is 132 cm³/mol. The molecule has 182 valence electrons. The van der Waals surface area contributed by atoms with Crippen molar-refractivity contribution in [3.8, 4) is 0 Å². The molecule has 0 aromatic carbocycles. The Hall–Kier alpha value is -1.32. The Bertz CT molecular complexity index is 434. The first kappa shape index (κ1) is 29.7. The summed E-state index contributed by atoms with van der Waals surface area (Å²) in [6.45, 7) is 2.75. The zero-order valence-electron chi connectivity index (χ0n) is 20.5. The minimum absolute atomic E-state index is 0.0573. The van der Waals surface area contributed by atoms with E-state index in [9.17, 15) is 9.59 Å². The number of aliphatic carboxylic acids is 1. The maximum absolute atomic E-state index is 11.6. The van der Waals surface area contributed by atoms with E-state index in [0.717, 1.165) is 12.8 Å². The molecule has 0 aliphatic heterocycles. The van der Waals surface area contributed by atoms with Gasteiger partial charge in [0.2, 0.25) is 5.91 Å². The van der Waals surface area contributed by atoms with Crippen molar-refractivity contribution in [1.29, 1.82) is 0 Å². The number of carboxylic acid groups (broad SMARTS) is 1. The fourth-order valence-electron chi connectivity index (χ4n) is 3.80. The van der Waals surface area contributed by atoms with Crippen LogP contribution in [-0.4, -0.2) is 23.5 Å². The van der Waals surface area contributed by atoms with Crippen LogP contribution in [0.25, 0.3) is 0 Å². The van der Waals surface area contributed by atoms with Crippen molar-refractivity contribution < 1.29 is 14.7 Å². The number of hydrogen-bond acceptors (Lipinski definition) is 2. The topological polar surface area (TPSA) is 66.4 Å². The second-order valence-electron chi connectivity index (χ2n) is 8.95. The summed E-state index contributed by atoms with van der Waals surface area (Å²) in [5.41, 5.74) is 0. The number of allylic oxidation sites excluding steroid dienone is 2. The number of carbonyl (C=O) groups excluding carboxylic acids is 1. The van der Waals surface area contributed by atoms with Crippen LogP contribution in [0.4, 0.5) is 0 Å². The van der Waals surface area contributed by atoms with Gasteiger partial charge in [0.1, 0.15) is 0 Å². The largest absolute Gasteiger partial charge is 0.481 e. The van der Waals surface area contributed by atoms with Gasteiger partial charge in [0, 0.05) is 19.4 Å². The highest BCUT2D eigenvalue weighted by molar-refractivity contribution is 5.75. The second kappa shape index (κ2) is 24.9. The van der Waals surface area contributed by atoms with Gasteiger partial charge in [-0.15, -0.1) is 0 Å². The van der Waals surface area contributed by atoms with Gasteiger partial charge in [-0.2, -0.15) is 0 Å². The molecule has 0 atom stereocenters. The lowest BCUT2D eigenvalue weighted by Gasteiger charge is -2.04. The minimum atomic E-state index is -0.805. The van der Waals surface area contributed by atoms with E-state index in [1.54, 1.807) is 0 Å². The van der Waals surface area contributed by atoms with E-state index in [1.165, 1.54) is 103 Å². The summed E-state index contributed by atoms with van der Waals surface area (Å²) in [7, 11) is 0. The summed E-state index contributed by atoms with van der Waals surface area (Å²) in [5.74, 6) is -0.748. The maximum atomic E-state index is 11.6. The SMILES string of the molecule is CCCCCCCCCC=CCCCCCCCCCCCC(=O)NCCCC(=O)O. The van der Waals surface area contributed by atoms with Crippen LogP contribution < -0.4 is 5.32 Å². The van der Waals surface area contributed by atoms with Crippen molar-refractivity contribution in [2.45, 2.75) is 142 Å². The molecule has 0 rings (SSSR count). The summed E-state index contributed by atoms with van der Waals surface area (Å²) in [4.78, 5) is 22.0. The fraction of sp³-hybridized carbons (Fsp3) is 0.852. The van der Waals surface area contributed by atoms with Crippen LogP contribution in [0.2, 0.25) is 0 Å². The van der Waals surface area contributed by atoms with Crippen LogP contribution in [0, 0.1) is 0 Å². The lowest BCUT2D eigenvalue weighted by Crippen LogP contribution is -2.24. The van der Waals surface area contributed by atoms with Crippen molar-refractivity contribution in [3.63, 3.8) is 0 Å². The van der Waals surface area contributed by atoms with Crippen LogP contribution in [-0.2, 0) is 9.59 Å². The zero-order chi connectivity index (χ0) is 22.8. The molecule has 0 spiro atoms. The van der Waals surface area contributed by atoms with Crippen molar-refractivity contribution in [1.82, 2.24) is 5.32 Å². The molecule has 0 aliphatic carbocycles. The minimum Gasteiger partial charge on any atom is -0.481 e. The Morgan fingerprint density at radius 1 is 0.613 bits per heavy atom. The normalized spacial score (nSPS) is 11.3. The molecule has 0 heterocycles. The molecule has 0 aliphatic rings. The number of unbranched alkanes of at least 4 members (excludes halogenated alkanes) is 16. The second-order valence-corrected chi connectivity index (χ2v) is 8.95. The van der Waals surface area contributed by atoms with E-state index in [0.29, 0.717) is 19.4 Å². The van der Waals surface area contributed by atoms with E-state index < -0.39 is 5.97 Å². The molecule has 0 unspecified atom stereocenters. The number of nitrogens with one attached hydrogen (secondary N) is 1. The molecule has 0 aromatic heterocycles. The monoisotopic (exact) mass is 437 g/mol. The molecular weight excluding hydrogens is 386 g/mol. The van der Waals surface area contributed by atoms with Crippen LogP contribution in [0.1, 0.15) is 142 Å². The summed E-state index contributed by atoms with van der Waals surface area (Å²) in [6.07, 6.45) is 29.5. The molecule has 31 heavy (non-hydrogen) atoms. The van der Waals surface area contributed by atoms with Gasteiger partial charge in [-0.1, -0.05) is 103 Å². The number of carbonyl (C=O) groups is 2. The first-order valence-electron chi connectivity index (χ1n) is 13.3.